The summed E-state index contributed by atoms with van der Waals surface area (Å²) in [6, 6.07) is 4.87. The molecule has 0 saturated carbocycles. The number of aromatic nitrogens is 3. The molecular formula is C23H23N3O9S. The van der Waals surface area contributed by atoms with Gasteiger partial charge in [-0.2, -0.15) is 9.59 Å². The fourth-order valence-electron chi connectivity index (χ4n) is 3.10. The van der Waals surface area contributed by atoms with Crippen LogP contribution in [0.4, 0.5) is 0 Å². The number of aliphatic hydroxyl groups excluding tert-OH is 2. The molecule has 0 spiro atoms. The zero-order valence-electron chi connectivity index (χ0n) is 19.4. The lowest BCUT2D eigenvalue weighted by Gasteiger charge is -2.12. The minimum absolute atomic E-state index is 0.0463. The summed E-state index contributed by atoms with van der Waals surface area (Å²) in [6.07, 6.45) is 2.98. The highest BCUT2D eigenvalue weighted by molar-refractivity contribution is 7.80. The van der Waals surface area contributed by atoms with Crippen molar-refractivity contribution in [2.24, 2.45) is 0 Å². The van der Waals surface area contributed by atoms with Crippen molar-refractivity contribution in [2.75, 3.05) is 20.3 Å². The first-order chi connectivity index (χ1) is 17.3. The number of rotatable bonds is 11. The van der Waals surface area contributed by atoms with E-state index in [1.165, 1.54) is 13.4 Å². The Balaban J connectivity index is 0.00000145. The monoisotopic (exact) mass is 517 g/mol. The molecule has 2 N–H and O–H groups in total. The van der Waals surface area contributed by atoms with Gasteiger partial charge in [-0.15, -0.1) is 0 Å². The van der Waals surface area contributed by atoms with Gasteiger partial charge in [0.1, 0.15) is 18.2 Å². The summed E-state index contributed by atoms with van der Waals surface area (Å²) in [7, 11) is 1.21. The molecule has 0 radical (unpaired) electrons. The summed E-state index contributed by atoms with van der Waals surface area (Å²) >= 11 is 5.48. The molecule has 3 rings (SSSR count). The molecule has 2 atom stereocenters. The molecule has 0 fully saturated rings. The van der Waals surface area contributed by atoms with E-state index < -0.39 is 24.4 Å². The van der Waals surface area contributed by atoms with Crippen LogP contribution in [-0.4, -0.2) is 68.3 Å². The Morgan fingerprint density at radius 2 is 1.56 bits per heavy atom. The lowest BCUT2D eigenvalue weighted by Crippen LogP contribution is -2.16. The maximum Gasteiger partial charge on any atom is 0.373 e. The highest BCUT2D eigenvalue weighted by Crippen LogP contribution is 2.23. The summed E-state index contributed by atoms with van der Waals surface area (Å²) in [5.74, 6) is -1.81. The normalized spacial score (nSPS) is 12.0. The quantitative estimate of drug-likeness (QED) is 0.213. The molecule has 36 heavy (non-hydrogen) atoms. The number of carbonyl (C=O) groups is 2. The van der Waals surface area contributed by atoms with E-state index in [0.717, 1.165) is 6.26 Å². The van der Waals surface area contributed by atoms with Gasteiger partial charge in [0, 0.05) is 11.3 Å². The average molecular weight is 518 g/mol. The second-order valence-corrected chi connectivity index (χ2v) is 7.89. The number of methoxy groups -OCH3 is 1. The third kappa shape index (κ3) is 7.55. The van der Waals surface area contributed by atoms with Crippen molar-refractivity contribution < 1.29 is 43.0 Å². The Hall–Kier alpha value is -3.90. The van der Waals surface area contributed by atoms with Gasteiger partial charge in [-0.3, -0.25) is 4.79 Å². The Kier molecular flexibility index (Phi) is 10.9. The molecule has 13 heteroatoms. The predicted octanol–water partition coefficient (Wildman–Crippen LogP) is 1.80. The van der Waals surface area contributed by atoms with Gasteiger partial charge in [0.2, 0.25) is 5.89 Å². The van der Waals surface area contributed by atoms with E-state index in [-0.39, 0.29) is 48.7 Å². The average Bonchev–Trinajstić information content (AvgIpc) is 3.55. The first-order valence-electron chi connectivity index (χ1n) is 10.5. The smallest absolute Gasteiger partial charge is 0.373 e. The number of aryl methyl sites for hydroxylation is 1. The topological polar surface area (TPSA) is 183 Å². The molecule has 3 aromatic rings. The van der Waals surface area contributed by atoms with Crippen LogP contribution < -0.4 is 0 Å². The second kappa shape index (κ2) is 13.9. The second-order valence-electron chi connectivity index (χ2n) is 7.39. The van der Waals surface area contributed by atoms with Crippen LogP contribution in [0.25, 0.3) is 0 Å². The number of carbonyl (C=O) groups excluding carboxylic acids is 4. The number of oxazole rings is 2. The van der Waals surface area contributed by atoms with Crippen LogP contribution in [0.2, 0.25) is 0 Å². The fraction of sp³-hybridized carbons (Fsp3) is 0.348. The van der Waals surface area contributed by atoms with E-state index in [1.54, 1.807) is 25.1 Å². The number of hydrogen-bond donors (Lipinski definition) is 2. The Morgan fingerprint density at radius 3 is 2.14 bits per heavy atom. The standard InChI is InChI=1S/C22H23N3O7S.CO2/c1-12-10-31-20(23-12)14(9-27)7-19(33)16-5-3-4-15(24-16)18(28)6-13(8-26)21-25-17(11-32-21)22(29)30-2;2-1-3/h3-5,10-11,13-14,26-27H,6-9H2,1-2H3;. The van der Waals surface area contributed by atoms with E-state index in [9.17, 15) is 19.8 Å². The minimum atomic E-state index is -0.764. The lowest BCUT2D eigenvalue weighted by atomic mass is 10.00. The fourth-order valence-corrected chi connectivity index (χ4v) is 3.41. The molecule has 0 aromatic carbocycles. The van der Waals surface area contributed by atoms with Gasteiger partial charge in [-0.25, -0.2) is 19.7 Å². The zero-order valence-corrected chi connectivity index (χ0v) is 20.2. The third-order valence-electron chi connectivity index (χ3n) is 4.88. The maximum atomic E-state index is 12.8. The largest absolute Gasteiger partial charge is 0.464 e. The van der Waals surface area contributed by atoms with Gasteiger partial charge < -0.3 is 23.8 Å². The van der Waals surface area contributed by atoms with Gasteiger partial charge in [0.15, 0.2) is 17.4 Å². The van der Waals surface area contributed by atoms with Crippen molar-refractivity contribution in [3.63, 3.8) is 0 Å². The van der Waals surface area contributed by atoms with Gasteiger partial charge in [-0.05, 0) is 25.5 Å². The molecule has 12 nitrogen and oxygen atoms in total. The van der Waals surface area contributed by atoms with Crippen LogP contribution in [0.15, 0.2) is 39.6 Å². The third-order valence-corrected chi connectivity index (χ3v) is 5.25. The number of pyridine rings is 1. The van der Waals surface area contributed by atoms with E-state index >= 15 is 0 Å². The molecule has 0 aliphatic rings. The van der Waals surface area contributed by atoms with Crippen molar-refractivity contribution in [1.82, 2.24) is 15.0 Å². The number of esters is 1. The number of thiocarbonyl (C=S) groups is 1. The highest BCUT2D eigenvalue weighted by Gasteiger charge is 2.25. The molecule has 190 valence electrons. The van der Waals surface area contributed by atoms with Crippen molar-refractivity contribution in [3.8, 4) is 0 Å². The number of ether oxygens (including phenoxy) is 1. The predicted molar refractivity (Wildman–Crippen MR) is 123 cm³/mol. The number of aliphatic hydroxyl groups is 2. The van der Waals surface area contributed by atoms with Gasteiger partial charge in [0.25, 0.3) is 0 Å². The first kappa shape index (κ1) is 28.3. The Bertz CT molecular complexity index is 1230. The van der Waals surface area contributed by atoms with E-state index in [4.69, 9.17) is 30.6 Å². The summed E-state index contributed by atoms with van der Waals surface area (Å²) in [5, 5.41) is 19.4. The molecule has 0 aliphatic heterocycles. The molecular weight excluding hydrogens is 494 g/mol. The molecule has 3 aromatic heterocycles. The van der Waals surface area contributed by atoms with Crippen LogP contribution >= 0.6 is 12.2 Å². The highest BCUT2D eigenvalue weighted by atomic mass is 32.1. The van der Waals surface area contributed by atoms with E-state index in [2.05, 4.69) is 19.7 Å². The van der Waals surface area contributed by atoms with Crippen LogP contribution in [0.5, 0.6) is 0 Å². The zero-order chi connectivity index (χ0) is 26.7. The molecule has 0 amide bonds. The van der Waals surface area contributed by atoms with Gasteiger partial charge >= 0.3 is 12.1 Å². The number of hydrogen-bond acceptors (Lipinski definition) is 13. The Morgan fingerprint density at radius 1 is 0.972 bits per heavy atom. The van der Waals surface area contributed by atoms with Gasteiger partial charge in [-0.1, -0.05) is 18.3 Å². The summed E-state index contributed by atoms with van der Waals surface area (Å²) in [6.45, 7) is 1.16. The van der Waals surface area contributed by atoms with Crippen LogP contribution in [0.1, 0.15) is 68.8 Å². The van der Waals surface area contributed by atoms with Crippen molar-refractivity contribution >= 4 is 35.0 Å². The molecule has 2 unspecified atom stereocenters. The molecule has 0 bridgehead atoms. The van der Waals surface area contributed by atoms with Crippen molar-refractivity contribution in [2.45, 2.75) is 31.6 Å². The van der Waals surface area contributed by atoms with Crippen LogP contribution in [0.3, 0.4) is 0 Å². The van der Waals surface area contributed by atoms with Crippen LogP contribution in [-0.2, 0) is 14.3 Å². The number of Topliss-reactive ketones (excluding diaryl/α,β-unsaturated/α-hetero) is 1. The molecule has 3 heterocycles. The minimum Gasteiger partial charge on any atom is -0.464 e. The van der Waals surface area contributed by atoms with Gasteiger partial charge in [0.05, 0.1) is 43.5 Å². The van der Waals surface area contributed by atoms with E-state index in [1.807, 2.05) is 0 Å². The maximum absolute atomic E-state index is 12.8. The Labute approximate surface area is 210 Å². The number of nitrogens with zero attached hydrogens (tertiary/aromatic N) is 3. The van der Waals surface area contributed by atoms with Crippen molar-refractivity contribution in [1.29, 1.82) is 0 Å². The summed E-state index contributed by atoms with van der Waals surface area (Å²) in [4.78, 5) is 53.6. The molecule has 0 saturated heterocycles. The lowest BCUT2D eigenvalue weighted by molar-refractivity contribution is -0.191. The molecule has 0 aliphatic carbocycles. The number of ketones is 1. The van der Waals surface area contributed by atoms with Crippen LogP contribution in [0, 0.1) is 6.92 Å². The SMILES string of the molecule is COC(=O)c1coc(C(CO)CC(=O)c2cccc(C(=S)CC(CO)c3nc(C)co3)n2)n1.O=C=O. The first-order valence-corrected chi connectivity index (χ1v) is 10.9. The summed E-state index contributed by atoms with van der Waals surface area (Å²) < 4.78 is 15.2. The van der Waals surface area contributed by atoms with Crippen molar-refractivity contribution in [3.05, 3.63) is 65.3 Å². The van der Waals surface area contributed by atoms with E-state index in [0.29, 0.717) is 22.1 Å². The summed E-state index contributed by atoms with van der Waals surface area (Å²) in [5.41, 5.74) is 1.22.